The highest BCUT2D eigenvalue weighted by atomic mass is 35.5. The minimum absolute atomic E-state index is 0.102. The Morgan fingerprint density at radius 2 is 1.87 bits per heavy atom. The van der Waals surface area contributed by atoms with Gasteiger partial charge in [-0.1, -0.05) is 18.2 Å². The highest BCUT2D eigenvalue weighted by Crippen LogP contribution is 2.35. The van der Waals surface area contributed by atoms with E-state index in [0.29, 0.717) is 16.8 Å². The molecule has 2 aromatic rings. The summed E-state index contributed by atoms with van der Waals surface area (Å²) in [5.41, 5.74) is 8.13. The molecule has 0 spiro atoms. The van der Waals surface area contributed by atoms with Crippen LogP contribution in [-0.2, 0) is 4.74 Å². The van der Waals surface area contributed by atoms with E-state index in [1.807, 2.05) is 24.3 Å². The van der Waals surface area contributed by atoms with Crippen molar-refractivity contribution in [3.05, 3.63) is 48.0 Å². The van der Waals surface area contributed by atoms with E-state index >= 15 is 0 Å². The number of nitrogens with two attached hydrogens (primary N) is 1. The van der Waals surface area contributed by atoms with Crippen LogP contribution in [0.2, 0.25) is 0 Å². The van der Waals surface area contributed by atoms with E-state index in [2.05, 4.69) is 4.99 Å². The quantitative estimate of drug-likeness (QED) is 0.394. The molecule has 0 aliphatic rings. The van der Waals surface area contributed by atoms with Crippen LogP contribution in [0.5, 0.6) is 5.75 Å². The van der Waals surface area contributed by atoms with Crippen molar-refractivity contribution < 1.29 is 14.3 Å². The molecule has 0 saturated heterocycles. The van der Waals surface area contributed by atoms with Gasteiger partial charge in [0.2, 0.25) is 0 Å². The molecule has 0 amide bonds. The molecule has 120 valence electrons. The number of carbonyl (C=O) groups is 1. The Kier molecular flexibility index (Phi) is 5.60. The number of alkyl halides is 1. The van der Waals surface area contributed by atoms with Crippen LogP contribution >= 0.6 is 11.6 Å². The Hall–Kier alpha value is -2.53. The summed E-state index contributed by atoms with van der Waals surface area (Å²) in [5.74, 6) is 0.639. The number of rotatable bonds is 5. The van der Waals surface area contributed by atoms with E-state index in [9.17, 15) is 4.79 Å². The van der Waals surface area contributed by atoms with Gasteiger partial charge in [-0.25, -0.2) is 9.79 Å². The minimum Gasteiger partial charge on any atom is -0.497 e. The number of ether oxygens (including phenoxy) is 2. The summed E-state index contributed by atoms with van der Waals surface area (Å²) in [5, 5.41) is 0. The maximum absolute atomic E-state index is 12.1. The zero-order valence-electron chi connectivity index (χ0n) is 12.9. The predicted molar refractivity (Wildman–Crippen MR) is 91.8 cm³/mol. The lowest BCUT2D eigenvalue weighted by Crippen LogP contribution is -2.12. The van der Waals surface area contributed by atoms with Crippen LogP contribution in [0.1, 0.15) is 10.4 Å². The van der Waals surface area contributed by atoms with Crippen LogP contribution in [0.25, 0.3) is 11.1 Å². The fourth-order valence-electron chi connectivity index (χ4n) is 2.16. The molecule has 0 heterocycles. The van der Waals surface area contributed by atoms with Gasteiger partial charge < -0.3 is 15.2 Å². The molecule has 0 aromatic heterocycles. The molecule has 0 saturated carbocycles. The smallest absolute Gasteiger partial charge is 0.338 e. The third kappa shape index (κ3) is 3.81. The number of methoxy groups -OCH3 is 2. The molecule has 6 heteroatoms. The fraction of sp³-hybridized carbons (Fsp3) is 0.176. The number of aliphatic imine (C=N–C) groups is 1. The van der Waals surface area contributed by atoms with E-state index in [1.54, 1.807) is 25.3 Å². The maximum Gasteiger partial charge on any atom is 0.338 e. The molecule has 0 unspecified atom stereocenters. The zero-order valence-corrected chi connectivity index (χ0v) is 13.6. The van der Waals surface area contributed by atoms with Gasteiger partial charge in [-0.3, -0.25) is 0 Å². The van der Waals surface area contributed by atoms with Gasteiger partial charge in [0.25, 0.3) is 0 Å². The highest BCUT2D eigenvalue weighted by molar-refractivity contribution is 6.28. The van der Waals surface area contributed by atoms with Gasteiger partial charge in [-0.15, -0.1) is 11.6 Å². The second kappa shape index (κ2) is 7.65. The summed E-state index contributed by atoms with van der Waals surface area (Å²) in [6.45, 7) is 0. The Bertz CT molecular complexity index is 727. The van der Waals surface area contributed by atoms with Gasteiger partial charge in [0, 0.05) is 5.56 Å². The number of esters is 1. The number of hydrogen-bond donors (Lipinski definition) is 1. The molecule has 2 rings (SSSR count). The molecule has 23 heavy (non-hydrogen) atoms. The van der Waals surface area contributed by atoms with E-state index in [4.69, 9.17) is 26.8 Å². The number of amidine groups is 1. The average Bonchev–Trinajstić information content (AvgIpc) is 2.60. The molecule has 2 N–H and O–H groups in total. The Labute approximate surface area is 139 Å². The lowest BCUT2D eigenvalue weighted by atomic mass is 9.97. The third-order valence-corrected chi connectivity index (χ3v) is 3.50. The molecular weight excluding hydrogens is 316 g/mol. The van der Waals surface area contributed by atoms with Crippen LogP contribution in [0.15, 0.2) is 47.5 Å². The molecule has 0 atom stereocenters. The highest BCUT2D eigenvalue weighted by Gasteiger charge is 2.17. The average molecular weight is 333 g/mol. The number of halogens is 1. The summed E-state index contributed by atoms with van der Waals surface area (Å²) in [6, 6.07) is 12.5. The Morgan fingerprint density at radius 3 is 2.43 bits per heavy atom. The van der Waals surface area contributed by atoms with Gasteiger partial charge in [-0.05, 0) is 29.8 Å². The summed E-state index contributed by atoms with van der Waals surface area (Å²) in [6.07, 6.45) is 0. The number of carbonyl (C=O) groups excluding carboxylic acids is 1. The molecule has 2 aromatic carbocycles. The standard InChI is InChI=1S/C17H17ClN2O3/c1-22-12-8-6-11(7-9-12)16-13(17(21)23-2)4-3-5-14(16)20-15(19)10-18/h3-9H,10H2,1-2H3,(H2,19,20). The molecule has 0 bridgehead atoms. The van der Waals surface area contributed by atoms with Crippen molar-refractivity contribution in [3.8, 4) is 16.9 Å². The van der Waals surface area contributed by atoms with Crippen molar-refractivity contribution in [2.45, 2.75) is 0 Å². The van der Waals surface area contributed by atoms with Gasteiger partial charge in [0.05, 0.1) is 31.4 Å². The molecule has 5 nitrogen and oxygen atoms in total. The molecule has 0 fully saturated rings. The normalized spacial score (nSPS) is 11.2. The first-order chi connectivity index (χ1) is 11.1. The fourth-order valence-corrected chi connectivity index (χ4v) is 2.22. The van der Waals surface area contributed by atoms with Crippen LogP contribution in [0, 0.1) is 0 Å². The number of benzene rings is 2. The van der Waals surface area contributed by atoms with Crippen molar-refractivity contribution >= 4 is 29.1 Å². The van der Waals surface area contributed by atoms with Crippen LogP contribution in [0.4, 0.5) is 5.69 Å². The van der Waals surface area contributed by atoms with Crippen molar-refractivity contribution in [1.82, 2.24) is 0 Å². The molecular formula is C17H17ClN2O3. The minimum atomic E-state index is -0.447. The summed E-state index contributed by atoms with van der Waals surface area (Å²) in [7, 11) is 2.93. The van der Waals surface area contributed by atoms with Crippen molar-refractivity contribution in [1.29, 1.82) is 0 Å². The van der Waals surface area contributed by atoms with E-state index in [1.165, 1.54) is 7.11 Å². The van der Waals surface area contributed by atoms with Crippen LogP contribution < -0.4 is 10.5 Å². The van der Waals surface area contributed by atoms with Crippen LogP contribution in [0.3, 0.4) is 0 Å². The second-order valence-corrected chi connectivity index (χ2v) is 4.92. The van der Waals surface area contributed by atoms with Crippen molar-refractivity contribution in [2.24, 2.45) is 10.7 Å². The largest absolute Gasteiger partial charge is 0.497 e. The SMILES string of the molecule is COC(=O)c1cccc(N=C(N)CCl)c1-c1ccc(OC)cc1. The van der Waals surface area contributed by atoms with Crippen molar-refractivity contribution in [2.75, 3.05) is 20.1 Å². The summed E-state index contributed by atoms with van der Waals surface area (Å²) < 4.78 is 10.0. The molecule has 0 radical (unpaired) electrons. The topological polar surface area (TPSA) is 73.9 Å². The number of nitrogens with zero attached hydrogens (tertiary/aromatic N) is 1. The first-order valence-electron chi connectivity index (χ1n) is 6.85. The third-order valence-electron chi connectivity index (χ3n) is 3.23. The summed E-state index contributed by atoms with van der Waals surface area (Å²) >= 11 is 5.71. The Balaban J connectivity index is 2.66. The predicted octanol–water partition coefficient (Wildman–Crippen LogP) is 3.38. The van der Waals surface area contributed by atoms with Gasteiger partial charge in [0.1, 0.15) is 11.6 Å². The molecule has 0 aliphatic carbocycles. The lowest BCUT2D eigenvalue weighted by molar-refractivity contribution is 0.0601. The van der Waals surface area contributed by atoms with Gasteiger partial charge in [-0.2, -0.15) is 0 Å². The van der Waals surface area contributed by atoms with Gasteiger partial charge >= 0.3 is 5.97 Å². The van der Waals surface area contributed by atoms with Crippen molar-refractivity contribution in [3.63, 3.8) is 0 Å². The molecule has 0 aliphatic heterocycles. The monoisotopic (exact) mass is 332 g/mol. The van der Waals surface area contributed by atoms with E-state index < -0.39 is 5.97 Å². The number of hydrogen-bond acceptors (Lipinski definition) is 4. The lowest BCUT2D eigenvalue weighted by Gasteiger charge is -2.12. The zero-order chi connectivity index (χ0) is 16.8. The second-order valence-electron chi connectivity index (χ2n) is 4.66. The van der Waals surface area contributed by atoms with Gasteiger partial charge in [0.15, 0.2) is 0 Å². The Morgan fingerprint density at radius 1 is 1.17 bits per heavy atom. The van der Waals surface area contributed by atoms with E-state index in [-0.39, 0.29) is 11.7 Å². The first-order valence-corrected chi connectivity index (χ1v) is 7.39. The maximum atomic E-state index is 12.1. The summed E-state index contributed by atoms with van der Waals surface area (Å²) in [4.78, 5) is 16.4. The van der Waals surface area contributed by atoms with E-state index in [0.717, 1.165) is 11.3 Å². The first kappa shape index (κ1) is 16.8. The van der Waals surface area contributed by atoms with Crippen LogP contribution in [-0.4, -0.2) is 31.9 Å².